The molecular weight excluding hydrogens is 272 g/mol. The van der Waals surface area contributed by atoms with Gasteiger partial charge in [0.1, 0.15) is 0 Å². The van der Waals surface area contributed by atoms with Crippen LogP contribution >= 0.6 is 0 Å². The summed E-state index contributed by atoms with van der Waals surface area (Å²) in [5, 5.41) is 2.93. The van der Waals surface area contributed by atoms with Crippen molar-refractivity contribution < 1.29 is 4.79 Å². The third-order valence-electron chi connectivity index (χ3n) is 3.52. The van der Waals surface area contributed by atoms with Gasteiger partial charge in [-0.1, -0.05) is 48.5 Å². The van der Waals surface area contributed by atoms with Gasteiger partial charge in [0.2, 0.25) is 5.91 Å². The van der Waals surface area contributed by atoms with Gasteiger partial charge in [-0.2, -0.15) is 0 Å². The van der Waals surface area contributed by atoms with E-state index in [1.165, 1.54) is 0 Å². The quantitative estimate of drug-likeness (QED) is 0.829. The van der Waals surface area contributed by atoms with Crippen LogP contribution in [-0.2, 0) is 4.79 Å². The number of anilines is 1. The highest BCUT2D eigenvalue weighted by Gasteiger charge is 2.02. The molecule has 0 aliphatic carbocycles. The van der Waals surface area contributed by atoms with Crippen LogP contribution in [0.2, 0.25) is 0 Å². The lowest BCUT2D eigenvalue weighted by Gasteiger charge is -2.19. The predicted octanol–water partition coefficient (Wildman–Crippen LogP) is 3.34. The van der Waals surface area contributed by atoms with Gasteiger partial charge in [-0.05, 0) is 30.2 Å². The number of nitrogens with one attached hydrogen (secondary N) is 1. The number of amides is 1. The minimum atomic E-state index is -0.0529. The molecule has 0 aromatic heterocycles. The molecule has 0 saturated carbocycles. The number of likely N-dealkylation sites (N-methyl/N-ethyl adjacent to an activating group) is 1. The Morgan fingerprint density at radius 2 is 1.64 bits per heavy atom. The Balaban J connectivity index is 1.81. The van der Waals surface area contributed by atoms with Crippen molar-refractivity contribution in [2.45, 2.75) is 6.92 Å². The topological polar surface area (TPSA) is 32.3 Å². The third kappa shape index (κ3) is 4.77. The van der Waals surface area contributed by atoms with Crippen LogP contribution in [0.3, 0.4) is 0 Å². The van der Waals surface area contributed by atoms with Gasteiger partial charge in [0, 0.05) is 31.9 Å². The molecule has 0 radical (unpaired) electrons. The average Bonchev–Trinajstić information content (AvgIpc) is 2.56. The molecule has 0 unspecified atom stereocenters. The van der Waals surface area contributed by atoms with Crippen molar-refractivity contribution in [2.75, 3.05) is 25.0 Å². The second-order valence-corrected chi connectivity index (χ2v) is 5.24. The van der Waals surface area contributed by atoms with E-state index in [9.17, 15) is 4.79 Å². The van der Waals surface area contributed by atoms with Gasteiger partial charge in [0.15, 0.2) is 0 Å². The van der Waals surface area contributed by atoms with E-state index in [1.807, 2.05) is 62.5 Å². The SMILES string of the molecule is C/C(=C/C(=O)NCCN(C)c1ccccc1)c1ccccc1. The van der Waals surface area contributed by atoms with Gasteiger partial charge >= 0.3 is 0 Å². The molecule has 1 N–H and O–H groups in total. The Morgan fingerprint density at radius 3 is 2.27 bits per heavy atom. The summed E-state index contributed by atoms with van der Waals surface area (Å²) in [6.07, 6.45) is 1.65. The summed E-state index contributed by atoms with van der Waals surface area (Å²) in [4.78, 5) is 14.1. The molecule has 2 aromatic carbocycles. The number of carbonyl (C=O) groups is 1. The monoisotopic (exact) mass is 294 g/mol. The normalized spacial score (nSPS) is 11.1. The van der Waals surface area contributed by atoms with Crippen LogP contribution < -0.4 is 10.2 Å². The molecule has 2 aromatic rings. The van der Waals surface area contributed by atoms with Crippen molar-refractivity contribution in [3.05, 3.63) is 72.3 Å². The number of hydrogen-bond donors (Lipinski definition) is 1. The van der Waals surface area contributed by atoms with E-state index < -0.39 is 0 Å². The lowest BCUT2D eigenvalue weighted by Crippen LogP contribution is -2.32. The Morgan fingerprint density at radius 1 is 1.05 bits per heavy atom. The van der Waals surface area contributed by atoms with Gasteiger partial charge < -0.3 is 10.2 Å². The zero-order chi connectivity index (χ0) is 15.8. The van der Waals surface area contributed by atoms with Gasteiger partial charge in [-0.15, -0.1) is 0 Å². The maximum Gasteiger partial charge on any atom is 0.244 e. The van der Waals surface area contributed by atoms with E-state index >= 15 is 0 Å². The Bertz CT molecular complexity index is 620. The van der Waals surface area contributed by atoms with Crippen molar-refractivity contribution in [1.29, 1.82) is 0 Å². The highest BCUT2D eigenvalue weighted by Crippen LogP contribution is 2.12. The van der Waals surface area contributed by atoms with Gasteiger partial charge in [-0.3, -0.25) is 4.79 Å². The van der Waals surface area contributed by atoms with E-state index in [2.05, 4.69) is 22.3 Å². The molecule has 0 heterocycles. The molecule has 2 rings (SSSR count). The maximum atomic E-state index is 11.9. The Labute approximate surface area is 132 Å². The fraction of sp³-hybridized carbons (Fsp3) is 0.211. The van der Waals surface area contributed by atoms with Gasteiger partial charge in [0.25, 0.3) is 0 Å². The minimum Gasteiger partial charge on any atom is -0.373 e. The van der Waals surface area contributed by atoms with E-state index in [4.69, 9.17) is 0 Å². The van der Waals surface area contributed by atoms with Crippen molar-refractivity contribution >= 4 is 17.2 Å². The van der Waals surface area contributed by atoms with Gasteiger partial charge in [0.05, 0.1) is 0 Å². The van der Waals surface area contributed by atoms with Crippen LogP contribution in [0.4, 0.5) is 5.69 Å². The molecular formula is C19H22N2O. The van der Waals surface area contributed by atoms with Crippen LogP contribution in [0.1, 0.15) is 12.5 Å². The van der Waals surface area contributed by atoms with Crippen molar-refractivity contribution in [3.8, 4) is 0 Å². The second kappa shape index (κ2) is 8.03. The fourth-order valence-corrected chi connectivity index (χ4v) is 2.19. The van der Waals surface area contributed by atoms with E-state index in [-0.39, 0.29) is 5.91 Å². The first kappa shape index (κ1) is 15.8. The fourth-order valence-electron chi connectivity index (χ4n) is 2.19. The first-order valence-electron chi connectivity index (χ1n) is 7.44. The van der Waals surface area contributed by atoms with Gasteiger partial charge in [-0.25, -0.2) is 0 Å². The lowest BCUT2D eigenvalue weighted by atomic mass is 10.1. The van der Waals surface area contributed by atoms with Crippen molar-refractivity contribution in [3.63, 3.8) is 0 Å². The molecule has 0 spiro atoms. The zero-order valence-corrected chi connectivity index (χ0v) is 13.1. The first-order valence-corrected chi connectivity index (χ1v) is 7.44. The summed E-state index contributed by atoms with van der Waals surface area (Å²) in [5.41, 5.74) is 3.18. The van der Waals surface area contributed by atoms with Crippen molar-refractivity contribution in [1.82, 2.24) is 5.32 Å². The molecule has 0 aliphatic heterocycles. The Hall–Kier alpha value is -2.55. The van der Waals surface area contributed by atoms with Crippen LogP contribution in [0.5, 0.6) is 0 Å². The molecule has 0 saturated heterocycles. The predicted molar refractivity (Wildman–Crippen MR) is 92.8 cm³/mol. The maximum absolute atomic E-state index is 11.9. The number of carbonyl (C=O) groups excluding carboxylic acids is 1. The second-order valence-electron chi connectivity index (χ2n) is 5.24. The number of rotatable bonds is 6. The Kier molecular flexibility index (Phi) is 5.78. The molecule has 3 heteroatoms. The standard InChI is InChI=1S/C19H22N2O/c1-16(17-9-5-3-6-10-17)15-19(22)20-13-14-21(2)18-11-7-4-8-12-18/h3-12,15H,13-14H2,1-2H3,(H,20,22)/b16-15-. The van der Waals surface area contributed by atoms with Crippen LogP contribution in [0, 0.1) is 0 Å². The summed E-state index contributed by atoms with van der Waals surface area (Å²) in [7, 11) is 2.02. The smallest absolute Gasteiger partial charge is 0.244 e. The van der Waals surface area contributed by atoms with Crippen molar-refractivity contribution in [2.24, 2.45) is 0 Å². The molecule has 0 bridgehead atoms. The first-order chi connectivity index (χ1) is 10.7. The molecule has 22 heavy (non-hydrogen) atoms. The number of nitrogens with zero attached hydrogens (tertiary/aromatic N) is 1. The molecule has 3 nitrogen and oxygen atoms in total. The van der Waals surface area contributed by atoms with Crippen LogP contribution in [0.15, 0.2) is 66.7 Å². The molecule has 1 amide bonds. The minimum absolute atomic E-state index is 0.0529. The molecule has 114 valence electrons. The number of hydrogen-bond acceptors (Lipinski definition) is 2. The van der Waals surface area contributed by atoms with Crippen LogP contribution in [0.25, 0.3) is 5.57 Å². The third-order valence-corrected chi connectivity index (χ3v) is 3.52. The average molecular weight is 294 g/mol. The number of para-hydroxylation sites is 1. The summed E-state index contributed by atoms with van der Waals surface area (Å²) in [5.74, 6) is -0.0529. The highest BCUT2D eigenvalue weighted by molar-refractivity contribution is 5.94. The summed E-state index contributed by atoms with van der Waals surface area (Å²) < 4.78 is 0. The van der Waals surface area contributed by atoms with Crippen LogP contribution in [-0.4, -0.2) is 26.0 Å². The van der Waals surface area contributed by atoms with E-state index in [0.29, 0.717) is 6.54 Å². The van der Waals surface area contributed by atoms with E-state index in [1.54, 1.807) is 6.08 Å². The summed E-state index contributed by atoms with van der Waals surface area (Å²) in [6, 6.07) is 20.0. The van der Waals surface area contributed by atoms with E-state index in [0.717, 1.165) is 23.4 Å². The molecule has 0 fully saturated rings. The highest BCUT2D eigenvalue weighted by atomic mass is 16.1. The number of allylic oxidation sites excluding steroid dienone is 1. The number of benzene rings is 2. The summed E-state index contributed by atoms with van der Waals surface area (Å²) in [6.45, 7) is 3.34. The molecule has 0 atom stereocenters. The summed E-state index contributed by atoms with van der Waals surface area (Å²) >= 11 is 0. The lowest BCUT2D eigenvalue weighted by molar-refractivity contribution is -0.116. The largest absolute Gasteiger partial charge is 0.373 e. The zero-order valence-electron chi connectivity index (χ0n) is 13.1. The molecule has 0 aliphatic rings.